The standard InChI is InChI=1S/C10H10BrNO5S/c11-9-3-2-7(6-8(9)10(13)14)18(15,16)12-4-1-5-17-12/h2-3,6H,1,4-5H2,(H,13,14). The topological polar surface area (TPSA) is 83.9 Å². The Hall–Kier alpha value is -0.960. The van der Waals surface area contributed by atoms with Gasteiger partial charge in [-0.2, -0.15) is 0 Å². The minimum atomic E-state index is -3.78. The third-order valence-corrected chi connectivity index (χ3v) is 4.82. The molecule has 1 fully saturated rings. The lowest BCUT2D eigenvalue weighted by Gasteiger charge is -2.14. The van der Waals surface area contributed by atoms with Gasteiger partial charge in [-0.25, -0.2) is 13.2 Å². The van der Waals surface area contributed by atoms with Crippen molar-refractivity contribution in [1.82, 2.24) is 4.47 Å². The Kier molecular flexibility index (Phi) is 3.71. The molecule has 0 unspecified atom stereocenters. The van der Waals surface area contributed by atoms with Gasteiger partial charge < -0.3 is 5.11 Å². The lowest BCUT2D eigenvalue weighted by Crippen LogP contribution is -2.27. The lowest BCUT2D eigenvalue weighted by atomic mass is 10.2. The van der Waals surface area contributed by atoms with E-state index in [0.29, 0.717) is 17.5 Å². The van der Waals surface area contributed by atoms with Gasteiger partial charge in [0.1, 0.15) is 0 Å². The van der Waals surface area contributed by atoms with Crippen LogP contribution in [0.5, 0.6) is 0 Å². The Morgan fingerprint density at radius 3 is 2.72 bits per heavy atom. The third-order valence-electron chi connectivity index (χ3n) is 2.45. The van der Waals surface area contributed by atoms with E-state index in [9.17, 15) is 13.2 Å². The molecule has 1 saturated heterocycles. The molecule has 6 nitrogen and oxygen atoms in total. The van der Waals surface area contributed by atoms with Gasteiger partial charge >= 0.3 is 5.97 Å². The summed E-state index contributed by atoms with van der Waals surface area (Å²) in [6.07, 6.45) is 0.627. The fraction of sp³-hybridized carbons (Fsp3) is 0.300. The van der Waals surface area contributed by atoms with E-state index in [-0.39, 0.29) is 17.0 Å². The molecule has 0 amide bonds. The van der Waals surface area contributed by atoms with Crippen molar-refractivity contribution >= 4 is 31.9 Å². The van der Waals surface area contributed by atoms with E-state index in [1.807, 2.05) is 0 Å². The first-order valence-corrected chi connectivity index (χ1v) is 7.35. The number of carbonyl (C=O) groups is 1. The molecule has 0 atom stereocenters. The highest BCUT2D eigenvalue weighted by Gasteiger charge is 2.29. The third kappa shape index (κ3) is 2.41. The molecule has 0 aliphatic carbocycles. The summed E-state index contributed by atoms with van der Waals surface area (Å²) in [7, 11) is -3.78. The molecule has 0 spiro atoms. The van der Waals surface area contributed by atoms with Crippen molar-refractivity contribution in [2.24, 2.45) is 0 Å². The molecule has 98 valence electrons. The SMILES string of the molecule is O=C(O)c1cc(S(=O)(=O)N2CCCO2)ccc1Br. The van der Waals surface area contributed by atoms with Crippen LogP contribution in [0.2, 0.25) is 0 Å². The second-order valence-electron chi connectivity index (χ2n) is 3.66. The van der Waals surface area contributed by atoms with E-state index in [4.69, 9.17) is 9.94 Å². The first-order chi connectivity index (χ1) is 8.43. The minimum absolute atomic E-state index is 0.0926. The largest absolute Gasteiger partial charge is 0.478 e. The molecule has 18 heavy (non-hydrogen) atoms. The maximum Gasteiger partial charge on any atom is 0.336 e. The van der Waals surface area contributed by atoms with E-state index in [1.165, 1.54) is 12.1 Å². The Morgan fingerprint density at radius 2 is 2.17 bits per heavy atom. The first-order valence-electron chi connectivity index (χ1n) is 5.11. The molecule has 0 bridgehead atoms. The molecule has 2 rings (SSSR count). The van der Waals surface area contributed by atoms with Crippen LogP contribution >= 0.6 is 15.9 Å². The van der Waals surface area contributed by atoms with Gasteiger partial charge in [0.25, 0.3) is 10.0 Å². The number of benzene rings is 1. The average molecular weight is 336 g/mol. The molecular formula is C10H10BrNO5S. The van der Waals surface area contributed by atoms with Crippen molar-refractivity contribution in [2.45, 2.75) is 11.3 Å². The summed E-state index contributed by atoms with van der Waals surface area (Å²) in [6.45, 7) is 0.627. The van der Waals surface area contributed by atoms with Gasteiger partial charge in [0, 0.05) is 11.0 Å². The lowest BCUT2D eigenvalue weighted by molar-refractivity contribution is -0.0284. The molecule has 1 aliphatic rings. The Labute approximate surface area is 112 Å². The number of halogens is 1. The van der Waals surface area contributed by atoms with Crippen molar-refractivity contribution in [2.75, 3.05) is 13.2 Å². The van der Waals surface area contributed by atoms with Gasteiger partial charge in [-0.15, -0.1) is 0 Å². The summed E-state index contributed by atoms with van der Waals surface area (Å²) in [4.78, 5) is 15.8. The number of carboxylic acids is 1. The summed E-state index contributed by atoms with van der Waals surface area (Å²) in [5.74, 6) is -1.19. The number of hydrogen-bond acceptors (Lipinski definition) is 4. The normalized spacial score (nSPS) is 16.9. The van der Waals surface area contributed by atoms with Gasteiger partial charge in [-0.3, -0.25) is 4.84 Å². The van der Waals surface area contributed by atoms with E-state index in [2.05, 4.69) is 15.9 Å². The monoisotopic (exact) mass is 335 g/mol. The zero-order chi connectivity index (χ0) is 13.3. The number of carboxylic acid groups (broad SMARTS) is 1. The zero-order valence-corrected chi connectivity index (χ0v) is 11.6. The smallest absolute Gasteiger partial charge is 0.336 e. The number of rotatable bonds is 3. The van der Waals surface area contributed by atoms with Gasteiger partial charge in [-0.05, 0) is 40.5 Å². The Morgan fingerprint density at radius 1 is 1.44 bits per heavy atom. The first kappa shape index (κ1) is 13.5. The summed E-state index contributed by atoms with van der Waals surface area (Å²) in [6, 6.07) is 3.85. The van der Waals surface area contributed by atoms with E-state index in [1.54, 1.807) is 0 Å². The number of nitrogens with zero attached hydrogens (tertiary/aromatic N) is 1. The number of hydroxylamine groups is 1. The minimum Gasteiger partial charge on any atom is -0.478 e. The Bertz CT molecular complexity index is 580. The number of aromatic carboxylic acids is 1. The van der Waals surface area contributed by atoms with Crippen molar-refractivity contribution in [1.29, 1.82) is 0 Å². The summed E-state index contributed by atoms with van der Waals surface area (Å²) < 4.78 is 25.4. The van der Waals surface area contributed by atoms with Crippen LogP contribution < -0.4 is 0 Å². The predicted molar refractivity (Wildman–Crippen MR) is 65.6 cm³/mol. The zero-order valence-electron chi connectivity index (χ0n) is 9.17. The van der Waals surface area contributed by atoms with Crippen LogP contribution in [-0.4, -0.2) is 37.1 Å². The highest BCUT2D eigenvalue weighted by Crippen LogP contribution is 2.25. The van der Waals surface area contributed by atoms with Crippen LogP contribution in [0.15, 0.2) is 27.6 Å². The summed E-state index contributed by atoms with van der Waals surface area (Å²) >= 11 is 3.06. The highest BCUT2D eigenvalue weighted by atomic mass is 79.9. The second-order valence-corrected chi connectivity index (χ2v) is 6.35. The molecule has 8 heteroatoms. The van der Waals surface area contributed by atoms with E-state index >= 15 is 0 Å². The van der Waals surface area contributed by atoms with Crippen molar-refractivity contribution < 1.29 is 23.2 Å². The molecule has 0 aromatic heterocycles. The molecule has 1 heterocycles. The van der Waals surface area contributed by atoms with Crippen molar-refractivity contribution in [3.05, 3.63) is 28.2 Å². The van der Waals surface area contributed by atoms with Gasteiger partial charge in [0.2, 0.25) is 0 Å². The van der Waals surface area contributed by atoms with E-state index in [0.717, 1.165) is 10.5 Å². The fourth-order valence-corrected chi connectivity index (χ4v) is 3.30. The summed E-state index contributed by atoms with van der Waals surface area (Å²) in [5.41, 5.74) is -0.102. The number of sulfonamides is 1. The van der Waals surface area contributed by atoms with Gasteiger partial charge in [-0.1, -0.05) is 4.47 Å². The quantitative estimate of drug-likeness (QED) is 0.904. The molecule has 0 radical (unpaired) electrons. The summed E-state index contributed by atoms with van der Waals surface area (Å²) in [5, 5.41) is 8.95. The van der Waals surface area contributed by atoms with E-state index < -0.39 is 16.0 Å². The van der Waals surface area contributed by atoms with Crippen LogP contribution in [0, 0.1) is 0 Å². The van der Waals surface area contributed by atoms with Crippen molar-refractivity contribution in [3.63, 3.8) is 0 Å². The van der Waals surface area contributed by atoms with Crippen LogP contribution in [0.4, 0.5) is 0 Å². The molecular weight excluding hydrogens is 326 g/mol. The van der Waals surface area contributed by atoms with Crippen molar-refractivity contribution in [3.8, 4) is 0 Å². The van der Waals surface area contributed by atoms with Crippen LogP contribution in [-0.2, 0) is 14.9 Å². The molecule has 1 aromatic rings. The van der Waals surface area contributed by atoms with Gasteiger partial charge in [0.15, 0.2) is 0 Å². The molecule has 0 saturated carbocycles. The molecule has 1 aliphatic heterocycles. The molecule has 1 aromatic carbocycles. The molecule has 1 N–H and O–H groups in total. The number of hydrogen-bond donors (Lipinski definition) is 1. The Balaban J connectivity index is 2.45. The predicted octanol–water partition coefficient (Wildman–Crippen LogP) is 1.47. The average Bonchev–Trinajstić information content (AvgIpc) is 2.82. The van der Waals surface area contributed by atoms with Crippen LogP contribution in [0.1, 0.15) is 16.8 Å². The maximum atomic E-state index is 12.1. The van der Waals surface area contributed by atoms with Crippen LogP contribution in [0.3, 0.4) is 0 Å². The fourth-order valence-electron chi connectivity index (χ4n) is 1.56. The van der Waals surface area contributed by atoms with Crippen LogP contribution in [0.25, 0.3) is 0 Å². The second kappa shape index (κ2) is 4.96. The van der Waals surface area contributed by atoms with Gasteiger partial charge in [0.05, 0.1) is 17.1 Å². The highest BCUT2D eigenvalue weighted by molar-refractivity contribution is 9.10. The maximum absolute atomic E-state index is 12.1.